The summed E-state index contributed by atoms with van der Waals surface area (Å²) in [6.07, 6.45) is 1.82. The van der Waals surface area contributed by atoms with Crippen LogP contribution in [0.15, 0.2) is 18.3 Å². The Labute approximate surface area is 101 Å². The SMILES string of the molecule is Cc1nn(-c2ccc([C@@H](C)N)nc2)c(C)c1C. The Hall–Kier alpha value is -1.68. The number of rotatable bonds is 2. The quantitative estimate of drug-likeness (QED) is 0.860. The molecule has 2 aromatic rings. The van der Waals surface area contributed by atoms with Gasteiger partial charge in [0.25, 0.3) is 0 Å². The summed E-state index contributed by atoms with van der Waals surface area (Å²) in [5.41, 5.74) is 11.1. The Morgan fingerprint density at radius 2 is 1.94 bits per heavy atom. The first-order valence-corrected chi connectivity index (χ1v) is 5.75. The lowest BCUT2D eigenvalue weighted by Gasteiger charge is -2.07. The fourth-order valence-corrected chi connectivity index (χ4v) is 1.76. The molecule has 2 aromatic heterocycles. The minimum absolute atomic E-state index is 0.0359. The zero-order chi connectivity index (χ0) is 12.6. The second-order valence-electron chi connectivity index (χ2n) is 4.44. The third-order valence-corrected chi connectivity index (χ3v) is 3.13. The van der Waals surface area contributed by atoms with Crippen LogP contribution in [0.4, 0.5) is 0 Å². The average molecular weight is 230 g/mol. The van der Waals surface area contributed by atoms with Crippen molar-refractivity contribution in [3.8, 4) is 5.69 Å². The summed E-state index contributed by atoms with van der Waals surface area (Å²) >= 11 is 0. The summed E-state index contributed by atoms with van der Waals surface area (Å²) < 4.78 is 1.92. The van der Waals surface area contributed by atoms with E-state index in [1.54, 1.807) is 0 Å². The smallest absolute Gasteiger partial charge is 0.0832 e. The summed E-state index contributed by atoms with van der Waals surface area (Å²) in [7, 11) is 0. The maximum absolute atomic E-state index is 5.78. The Morgan fingerprint density at radius 1 is 1.24 bits per heavy atom. The van der Waals surface area contributed by atoms with Crippen LogP contribution < -0.4 is 5.73 Å². The number of aromatic nitrogens is 3. The van der Waals surface area contributed by atoms with E-state index < -0.39 is 0 Å². The van der Waals surface area contributed by atoms with E-state index in [0.29, 0.717) is 0 Å². The van der Waals surface area contributed by atoms with Crippen molar-refractivity contribution < 1.29 is 0 Å². The Kier molecular flexibility index (Phi) is 2.98. The highest BCUT2D eigenvalue weighted by atomic mass is 15.3. The number of aryl methyl sites for hydroxylation is 1. The molecular formula is C13H18N4. The zero-order valence-electron chi connectivity index (χ0n) is 10.7. The molecule has 0 saturated carbocycles. The molecule has 0 bridgehead atoms. The lowest BCUT2D eigenvalue weighted by atomic mass is 10.2. The lowest BCUT2D eigenvalue weighted by Crippen LogP contribution is -2.08. The first-order chi connectivity index (χ1) is 8.00. The minimum Gasteiger partial charge on any atom is -0.323 e. The summed E-state index contributed by atoms with van der Waals surface area (Å²) in [5, 5.41) is 4.50. The molecule has 0 aromatic carbocycles. The number of nitrogens with zero attached hydrogens (tertiary/aromatic N) is 3. The van der Waals surface area contributed by atoms with Crippen LogP contribution in [-0.4, -0.2) is 14.8 Å². The van der Waals surface area contributed by atoms with E-state index in [1.165, 1.54) is 5.56 Å². The van der Waals surface area contributed by atoms with Crippen LogP contribution in [-0.2, 0) is 0 Å². The molecule has 0 amide bonds. The van der Waals surface area contributed by atoms with Crippen molar-refractivity contribution in [3.63, 3.8) is 0 Å². The number of nitrogens with two attached hydrogens (primary N) is 1. The highest BCUT2D eigenvalue weighted by Crippen LogP contribution is 2.17. The minimum atomic E-state index is -0.0359. The number of hydrogen-bond donors (Lipinski definition) is 1. The molecule has 0 unspecified atom stereocenters. The molecule has 4 heteroatoms. The third kappa shape index (κ3) is 2.08. The molecule has 2 rings (SSSR count). The normalized spacial score (nSPS) is 12.8. The molecule has 0 radical (unpaired) electrons. The summed E-state index contributed by atoms with van der Waals surface area (Å²) in [6.45, 7) is 8.09. The van der Waals surface area contributed by atoms with Crippen LogP contribution in [0.5, 0.6) is 0 Å². The standard InChI is InChI=1S/C13H18N4/c1-8-10(3)16-17(11(8)4)12-5-6-13(9(2)14)15-7-12/h5-7,9H,14H2,1-4H3/t9-/m1/s1. The molecule has 2 N–H and O–H groups in total. The molecule has 0 fully saturated rings. The summed E-state index contributed by atoms with van der Waals surface area (Å²) in [6, 6.07) is 3.92. The van der Waals surface area contributed by atoms with E-state index in [-0.39, 0.29) is 6.04 Å². The fourth-order valence-electron chi connectivity index (χ4n) is 1.76. The average Bonchev–Trinajstić information content (AvgIpc) is 2.57. The predicted molar refractivity (Wildman–Crippen MR) is 68.2 cm³/mol. The monoisotopic (exact) mass is 230 g/mol. The lowest BCUT2D eigenvalue weighted by molar-refractivity contribution is 0.770. The van der Waals surface area contributed by atoms with Crippen LogP contribution in [0, 0.1) is 20.8 Å². The molecule has 0 spiro atoms. The van der Waals surface area contributed by atoms with Crippen LogP contribution in [0.25, 0.3) is 5.69 Å². The van der Waals surface area contributed by atoms with Gasteiger partial charge in [0.1, 0.15) is 0 Å². The largest absolute Gasteiger partial charge is 0.323 e. The van der Waals surface area contributed by atoms with Crippen LogP contribution in [0.3, 0.4) is 0 Å². The van der Waals surface area contributed by atoms with Gasteiger partial charge in [-0.2, -0.15) is 5.10 Å². The van der Waals surface area contributed by atoms with Gasteiger partial charge in [-0.1, -0.05) is 0 Å². The van der Waals surface area contributed by atoms with Gasteiger partial charge in [-0.15, -0.1) is 0 Å². The highest BCUT2D eigenvalue weighted by molar-refractivity contribution is 5.35. The maximum Gasteiger partial charge on any atom is 0.0832 e. The molecule has 1 atom stereocenters. The van der Waals surface area contributed by atoms with Crippen molar-refractivity contribution in [1.29, 1.82) is 0 Å². The van der Waals surface area contributed by atoms with Gasteiger partial charge in [0, 0.05) is 11.7 Å². The topological polar surface area (TPSA) is 56.7 Å². The Bertz CT molecular complexity index is 523. The molecule has 0 aliphatic carbocycles. The molecule has 0 aliphatic heterocycles. The van der Waals surface area contributed by atoms with Crippen molar-refractivity contribution in [2.24, 2.45) is 5.73 Å². The van der Waals surface area contributed by atoms with Gasteiger partial charge < -0.3 is 5.73 Å². The van der Waals surface area contributed by atoms with Crippen molar-refractivity contribution in [2.45, 2.75) is 33.7 Å². The van der Waals surface area contributed by atoms with E-state index >= 15 is 0 Å². The molecular weight excluding hydrogens is 212 g/mol. The Balaban J connectivity index is 2.43. The van der Waals surface area contributed by atoms with Gasteiger partial charge in [-0.05, 0) is 45.4 Å². The van der Waals surface area contributed by atoms with Crippen LogP contribution >= 0.6 is 0 Å². The zero-order valence-corrected chi connectivity index (χ0v) is 10.7. The summed E-state index contributed by atoms with van der Waals surface area (Å²) in [5.74, 6) is 0. The van der Waals surface area contributed by atoms with Crippen molar-refractivity contribution >= 4 is 0 Å². The van der Waals surface area contributed by atoms with E-state index in [0.717, 1.165) is 22.8 Å². The van der Waals surface area contributed by atoms with Crippen LogP contribution in [0.2, 0.25) is 0 Å². The Morgan fingerprint density at radius 3 is 2.35 bits per heavy atom. The van der Waals surface area contributed by atoms with E-state index in [2.05, 4.69) is 23.9 Å². The van der Waals surface area contributed by atoms with Crippen LogP contribution in [0.1, 0.15) is 35.6 Å². The van der Waals surface area contributed by atoms with Crippen molar-refractivity contribution in [1.82, 2.24) is 14.8 Å². The molecule has 90 valence electrons. The van der Waals surface area contributed by atoms with Gasteiger partial charge in [-0.25, -0.2) is 4.68 Å². The van der Waals surface area contributed by atoms with E-state index in [9.17, 15) is 0 Å². The molecule has 0 aliphatic rings. The number of pyridine rings is 1. The van der Waals surface area contributed by atoms with Gasteiger partial charge in [0.15, 0.2) is 0 Å². The molecule has 0 saturated heterocycles. The first-order valence-electron chi connectivity index (χ1n) is 5.75. The van der Waals surface area contributed by atoms with Gasteiger partial charge in [-0.3, -0.25) is 4.98 Å². The van der Waals surface area contributed by atoms with Gasteiger partial charge in [0.2, 0.25) is 0 Å². The van der Waals surface area contributed by atoms with E-state index in [4.69, 9.17) is 5.73 Å². The van der Waals surface area contributed by atoms with Gasteiger partial charge >= 0.3 is 0 Å². The molecule has 2 heterocycles. The maximum atomic E-state index is 5.78. The van der Waals surface area contributed by atoms with Gasteiger partial charge in [0.05, 0.1) is 23.3 Å². The number of hydrogen-bond acceptors (Lipinski definition) is 3. The third-order valence-electron chi connectivity index (χ3n) is 3.13. The first kappa shape index (κ1) is 11.8. The van der Waals surface area contributed by atoms with E-state index in [1.807, 2.05) is 36.9 Å². The fraction of sp³-hybridized carbons (Fsp3) is 0.385. The second-order valence-corrected chi connectivity index (χ2v) is 4.44. The molecule has 4 nitrogen and oxygen atoms in total. The van der Waals surface area contributed by atoms with Crippen molar-refractivity contribution in [3.05, 3.63) is 41.0 Å². The second kappa shape index (κ2) is 4.30. The molecule has 17 heavy (non-hydrogen) atoms. The van der Waals surface area contributed by atoms with Crippen molar-refractivity contribution in [2.75, 3.05) is 0 Å². The predicted octanol–water partition coefficient (Wildman–Crippen LogP) is 2.21. The summed E-state index contributed by atoms with van der Waals surface area (Å²) in [4.78, 5) is 4.35. The highest BCUT2D eigenvalue weighted by Gasteiger charge is 2.09.